The molecular formula is C18H17N5O4S. The lowest BCUT2D eigenvalue weighted by Crippen LogP contribution is -2.13. The summed E-state index contributed by atoms with van der Waals surface area (Å²) in [6.45, 7) is 1.92. The second-order valence-corrected chi connectivity index (χ2v) is 7.55. The van der Waals surface area contributed by atoms with Crippen LogP contribution in [0.15, 0.2) is 59.8 Å². The van der Waals surface area contributed by atoms with Crippen LogP contribution in [0.2, 0.25) is 0 Å². The van der Waals surface area contributed by atoms with Crippen LogP contribution in [0.4, 0.5) is 11.4 Å². The van der Waals surface area contributed by atoms with E-state index in [2.05, 4.69) is 15.3 Å². The number of aromatic nitrogens is 2. The van der Waals surface area contributed by atoms with Gasteiger partial charge in [-0.1, -0.05) is 30.3 Å². The summed E-state index contributed by atoms with van der Waals surface area (Å²) < 4.78 is 22.6. The van der Waals surface area contributed by atoms with Crippen LogP contribution in [0.3, 0.4) is 0 Å². The second-order valence-electron chi connectivity index (χ2n) is 5.99. The predicted molar refractivity (Wildman–Crippen MR) is 104 cm³/mol. The Hall–Kier alpha value is -3.37. The van der Waals surface area contributed by atoms with Gasteiger partial charge < -0.3 is 5.32 Å². The van der Waals surface area contributed by atoms with Crippen molar-refractivity contribution in [3.63, 3.8) is 0 Å². The highest BCUT2D eigenvalue weighted by Crippen LogP contribution is 2.37. The molecule has 1 aromatic carbocycles. The number of anilines is 1. The first kappa shape index (κ1) is 19.4. The molecule has 3 rings (SSSR count). The van der Waals surface area contributed by atoms with Crippen LogP contribution in [-0.2, 0) is 16.6 Å². The number of nitrogens with zero attached hydrogens (tertiary/aromatic N) is 3. The van der Waals surface area contributed by atoms with Gasteiger partial charge in [-0.2, -0.15) is 0 Å². The van der Waals surface area contributed by atoms with Gasteiger partial charge in [-0.25, -0.2) is 13.6 Å². The van der Waals surface area contributed by atoms with E-state index in [4.69, 9.17) is 5.14 Å². The van der Waals surface area contributed by atoms with Crippen LogP contribution < -0.4 is 10.5 Å². The number of hydrogen-bond acceptors (Lipinski definition) is 7. The number of pyridine rings is 2. The lowest BCUT2D eigenvalue weighted by atomic mass is 10.0. The molecular weight excluding hydrogens is 382 g/mol. The van der Waals surface area contributed by atoms with Crippen LogP contribution >= 0.6 is 0 Å². The molecule has 0 atom stereocenters. The van der Waals surface area contributed by atoms with Crippen molar-refractivity contribution >= 4 is 21.4 Å². The van der Waals surface area contributed by atoms with Crippen molar-refractivity contribution in [2.24, 2.45) is 5.14 Å². The Morgan fingerprint density at radius 2 is 1.82 bits per heavy atom. The SMILES string of the molecule is Cc1ncc([N+](=O)[O-])c(NCc2ccc(S(N)(=O)=O)cn2)c1-c1ccccc1. The van der Waals surface area contributed by atoms with E-state index in [0.29, 0.717) is 22.6 Å². The normalized spacial score (nSPS) is 11.2. The highest BCUT2D eigenvalue weighted by molar-refractivity contribution is 7.89. The zero-order valence-electron chi connectivity index (χ0n) is 14.9. The third-order valence-electron chi connectivity index (χ3n) is 4.08. The molecule has 0 fully saturated rings. The van der Waals surface area contributed by atoms with Crippen molar-refractivity contribution in [3.8, 4) is 11.1 Å². The van der Waals surface area contributed by atoms with Gasteiger partial charge in [0.1, 0.15) is 16.8 Å². The Morgan fingerprint density at radius 1 is 1.11 bits per heavy atom. The van der Waals surface area contributed by atoms with Gasteiger partial charge in [-0.15, -0.1) is 0 Å². The summed E-state index contributed by atoms with van der Waals surface area (Å²) in [7, 11) is -3.83. The largest absolute Gasteiger partial charge is 0.373 e. The summed E-state index contributed by atoms with van der Waals surface area (Å²) >= 11 is 0. The Balaban J connectivity index is 1.99. The average Bonchev–Trinajstić information content (AvgIpc) is 2.66. The summed E-state index contributed by atoms with van der Waals surface area (Å²) in [5.41, 5.74) is 2.70. The zero-order chi connectivity index (χ0) is 20.3. The minimum absolute atomic E-state index is 0.105. The first-order chi connectivity index (χ1) is 13.3. The summed E-state index contributed by atoms with van der Waals surface area (Å²) in [4.78, 5) is 19.1. The van der Waals surface area contributed by atoms with E-state index < -0.39 is 14.9 Å². The van der Waals surface area contributed by atoms with Crippen molar-refractivity contribution in [1.29, 1.82) is 0 Å². The maximum Gasteiger partial charge on any atom is 0.311 e. The van der Waals surface area contributed by atoms with Gasteiger partial charge in [0, 0.05) is 17.5 Å². The van der Waals surface area contributed by atoms with Crippen molar-refractivity contribution in [2.75, 3.05) is 5.32 Å². The lowest BCUT2D eigenvalue weighted by molar-refractivity contribution is -0.384. The van der Waals surface area contributed by atoms with Gasteiger partial charge in [-0.3, -0.25) is 20.1 Å². The van der Waals surface area contributed by atoms with Crippen molar-refractivity contribution in [2.45, 2.75) is 18.4 Å². The molecule has 0 radical (unpaired) electrons. The molecule has 0 saturated carbocycles. The van der Waals surface area contributed by atoms with Crippen molar-refractivity contribution in [3.05, 3.63) is 76.4 Å². The standard InChI is InChI=1S/C18H17N5O4S/c1-12-17(13-5-3-2-4-6-13)18(16(11-20-12)23(24)25)22-9-14-7-8-15(10-21-14)28(19,26)27/h2-8,10-11H,9H2,1H3,(H,20,22)(H2,19,26,27). The lowest BCUT2D eigenvalue weighted by Gasteiger charge is -2.14. The van der Waals surface area contributed by atoms with E-state index in [1.807, 2.05) is 30.3 Å². The van der Waals surface area contributed by atoms with E-state index in [0.717, 1.165) is 11.8 Å². The molecule has 0 bridgehead atoms. The van der Waals surface area contributed by atoms with Crippen molar-refractivity contribution in [1.82, 2.24) is 9.97 Å². The average molecular weight is 399 g/mol. The zero-order valence-corrected chi connectivity index (χ0v) is 15.7. The topological polar surface area (TPSA) is 141 Å². The van der Waals surface area contributed by atoms with Crippen LogP contribution in [0, 0.1) is 17.0 Å². The highest BCUT2D eigenvalue weighted by atomic mass is 32.2. The molecule has 0 unspecified atom stereocenters. The Morgan fingerprint density at radius 3 is 2.39 bits per heavy atom. The number of aryl methyl sites for hydroxylation is 1. The first-order valence-electron chi connectivity index (χ1n) is 8.18. The fraction of sp³-hybridized carbons (Fsp3) is 0.111. The molecule has 10 heteroatoms. The molecule has 0 saturated heterocycles. The molecule has 3 aromatic rings. The molecule has 2 heterocycles. The van der Waals surface area contributed by atoms with E-state index in [9.17, 15) is 18.5 Å². The third kappa shape index (κ3) is 4.13. The van der Waals surface area contributed by atoms with Gasteiger partial charge in [0.25, 0.3) is 0 Å². The van der Waals surface area contributed by atoms with E-state index in [1.165, 1.54) is 18.3 Å². The number of nitrogens with two attached hydrogens (primary N) is 1. The number of benzene rings is 1. The predicted octanol–water partition coefficient (Wildman–Crippen LogP) is 2.62. The van der Waals surface area contributed by atoms with Crippen LogP contribution in [0.1, 0.15) is 11.4 Å². The van der Waals surface area contributed by atoms with Crippen LogP contribution in [0.25, 0.3) is 11.1 Å². The molecule has 2 aromatic heterocycles. The van der Waals surface area contributed by atoms with E-state index in [-0.39, 0.29) is 17.1 Å². The Kier molecular flexibility index (Phi) is 5.34. The summed E-state index contributed by atoms with van der Waals surface area (Å²) in [5.74, 6) is 0. The fourth-order valence-electron chi connectivity index (χ4n) is 2.73. The van der Waals surface area contributed by atoms with E-state index in [1.54, 1.807) is 6.92 Å². The molecule has 144 valence electrons. The minimum Gasteiger partial charge on any atom is -0.373 e. The molecule has 0 aliphatic heterocycles. The highest BCUT2D eigenvalue weighted by Gasteiger charge is 2.22. The van der Waals surface area contributed by atoms with Gasteiger partial charge in [-0.05, 0) is 24.6 Å². The van der Waals surface area contributed by atoms with Gasteiger partial charge in [0.2, 0.25) is 10.0 Å². The third-order valence-corrected chi connectivity index (χ3v) is 4.98. The molecule has 0 spiro atoms. The molecule has 0 amide bonds. The number of nitrogens with one attached hydrogen (secondary N) is 1. The Labute approximate surface area is 161 Å². The fourth-order valence-corrected chi connectivity index (χ4v) is 3.19. The molecule has 0 aliphatic rings. The summed E-state index contributed by atoms with van der Waals surface area (Å²) in [5, 5.41) is 19.6. The van der Waals surface area contributed by atoms with E-state index >= 15 is 0 Å². The number of primary sulfonamides is 1. The summed E-state index contributed by atoms with van der Waals surface area (Å²) in [6, 6.07) is 12.1. The van der Waals surface area contributed by atoms with Crippen molar-refractivity contribution < 1.29 is 13.3 Å². The maximum absolute atomic E-state index is 11.5. The molecule has 3 N–H and O–H groups in total. The quantitative estimate of drug-likeness (QED) is 0.479. The summed E-state index contributed by atoms with van der Waals surface area (Å²) in [6.07, 6.45) is 2.36. The van der Waals surface area contributed by atoms with Gasteiger partial charge in [0.05, 0.1) is 17.2 Å². The maximum atomic E-state index is 11.5. The second kappa shape index (κ2) is 7.71. The molecule has 28 heavy (non-hydrogen) atoms. The number of sulfonamides is 1. The molecule has 0 aliphatic carbocycles. The molecule has 9 nitrogen and oxygen atoms in total. The van der Waals surface area contributed by atoms with Gasteiger partial charge in [0.15, 0.2) is 0 Å². The van der Waals surface area contributed by atoms with Gasteiger partial charge >= 0.3 is 5.69 Å². The minimum atomic E-state index is -3.83. The van der Waals surface area contributed by atoms with Crippen LogP contribution in [-0.4, -0.2) is 23.3 Å². The number of hydrogen-bond donors (Lipinski definition) is 2. The monoisotopic (exact) mass is 399 g/mol. The number of nitro groups is 1. The first-order valence-corrected chi connectivity index (χ1v) is 9.73. The Bertz CT molecular complexity index is 1120. The van der Waals surface area contributed by atoms with Crippen LogP contribution in [0.5, 0.6) is 0 Å². The number of rotatable bonds is 6. The smallest absolute Gasteiger partial charge is 0.311 e.